The molecule has 2 fully saturated rings. The van der Waals surface area contributed by atoms with E-state index < -0.39 is 5.60 Å². The highest BCUT2D eigenvalue weighted by atomic mass is 16.6. The number of allylic oxidation sites excluding steroid dienone is 2. The molecule has 5 heteroatoms. The summed E-state index contributed by atoms with van der Waals surface area (Å²) in [5, 5.41) is 0. The van der Waals surface area contributed by atoms with Crippen LogP contribution in [0.4, 0.5) is 4.79 Å². The minimum absolute atomic E-state index is 0.0383. The molecule has 1 saturated heterocycles. The Balaban J connectivity index is 1.90. The highest BCUT2D eigenvalue weighted by Gasteiger charge is 2.61. The molecule has 1 saturated carbocycles. The molecule has 0 aromatic heterocycles. The van der Waals surface area contributed by atoms with E-state index in [0.717, 1.165) is 0 Å². The normalized spacial score (nSPS) is 26.0. The van der Waals surface area contributed by atoms with Crippen LogP contribution < -0.4 is 0 Å². The van der Waals surface area contributed by atoms with E-state index in [9.17, 15) is 9.59 Å². The molecule has 0 aromatic carbocycles. The first kappa shape index (κ1) is 18.8. The Morgan fingerprint density at radius 3 is 2.00 bits per heavy atom. The minimum atomic E-state index is -0.486. The van der Waals surface area contributed by atoms with Gasteiger partial charge < -0.3 is 14.5 Å². The second-order valence-corrected chi connectivity index (χ2v) is 8.86. The highest BCUT2D eigenvalue weighted by molar-refractivity contribution is 5.84. The molecule has 24 heavy (non-hydrogen) atoms. The molecular weight excluding hydrogens is 304 g/mol. The number of hydrogen-bond acceptors (Lipinski definition) is 3. The first-order valence-electron chi connectivity index (χ1n) is 8.85. The van der Waals surface area contributed by atoms with E-state index in [2.05, 4.69) is 33.8 Å². The van der Waals surface area contributed by atoms with Gasteiger partial charge >= 0.3 is 6.09 Å². The second kappa shape index (κ2) is 6.41. The van der Waals surface area contributed by atoms with Crippen LogP contribution in [0.5, 0.6) is 0 Å². The van der Waals surface area contributed by atoms with Crippen LogP contribution in [-0.2, 0) is 9.53 Å². The average molecular weight is 336 g/mol. The van der Waals surface area contributed by atoms with Crippen molar-refractivity contribution in [3.8, 4) is 0 Å². The van der Waals surface area contributed by atoms with Crippen molar-refractivity contribution < 1.29 is 14.3 Å². The van der Waals surface area contributed by atoms with Gasteiger partial charge in [0.05, 0.1) is 5.92 Å². The highest BCUT2D eigenvalue weighted by Crippen LogP contribution is 2.60. The van der Waals surface area contributed by atoms with E-state index in [0.29, 0.717) is 32.1 Å². The van der Waals surface area contributed by atoms with Crippen LogP contribution in [0.1, 0.15) is 48.5 Å². The fraction of sp³-hybridized carbons (Fsp3) is 0.789. The van der Waals surface area contributed by atoms with E-state index in [-0.39, 0.29) is 23.3 Å². The van der Waals surface area contributed by atoms with Crippen LogP contribution in [-0.4, -0.2) is 53.6 Å². The van der Waals surface area contributed by atoms with Crippen LogP contribution in [0.3, 0.4) is 0 Å². The SMILES string of the molecule is CC(C)=CC1C(C(=O)N2CCN(C(=O)OC(C)(C)C)CC2)C1(C)C. The van der Waals surface area contributed by atoms with Gasteiger partial charge in [0.2, 0.25) is 5.91 Å². The van der Waals surface area contributed by atoms with Crippen molar-refractivity contribution in [1.82, 2.24) is 9.80 Å². The Kier molecular flexibility index (Phi) is 5.03. The summed E-state index contributed by atoms with van der Waals surface area (Å²) in [5.74, 6) is 0.630. The topological polar surface area (TPSA) is 49.9 Å². The van der Waals surface area contributed by atoms with Crippen LogP contribution in [0.25, 0.3) is 0 Å². The number of ether oxygens (including phenoxy) is 1. The predicted octanol–water partition coefficient (Wildman–Crippen LogP) is 3.30. The summed E-state index contributed by atoms with van der Waals surface area (Å²) in [7, 11) is 0. The van der Waals surface area contributed by atoms with E-state index in [4.69, 9.17) is 4.74 Å². The van der Waals surface area contributed by atoms with E-state index in [1.54, 1.807) is 4.90 Å². The summed E-state index contributed by atoms with van der Waals surface area (Å²) in [6, 6.07) is 0. The van der Waals surface area contributed by atoms with Crippen LogP contribution in [0, 0.1) is 17.3 Å². The molecule has 2 unspecified atom stereocenters. The average Bonchev–Trinajstić information content (AvgIpc) is 2.96. The molecule has 2 amide bonds. The van der Waals surface area contributed by atoms with E-state index in [1.807, 2.05) is 25.7 Å². The van der Waals surface area contributed by atoms with Gasteiger partial charge in [-0.2, -0.15) is 0 Å². The summed E-state index contributed by atoms with van der Waals surface area (Å²) >= 11 is 0. The zero-order valence-corrected chi connectivity index (χ0v) is 16.2. The molecule has 136 valence electrons. The molecule has 1 aliphatic carbocycles. The Labute approximate surface area is 146 Å². The Hall–Kier alpha value is -1.52. The van der Waals surface area contributed by atoms with Crippen molar-refractivity contribution in [2.75, 3.05) is 26.2 Å². The largest absolute Gasteiger partial charge is 0.444 e. The number of carbonyl (C=O) groups is 2. The van der Waals surface area contributed by atoms with Gasteiger partial charge in [-0.1, -0.05) is 25.5 Å². The molecule has 0 spiro atoms. The van der Waals surface area contributed by atoms with Crippen LogP contribution >= 0.6 is 0 Å². The number of hydrogen-bond donors (Lipinski definition) is 0. The van der Waals surface area contributed by atoms with Gasteiger partial charge in [-0.15, -0.1) is 0 Å². The molecule has 2 atom stereocenters. The maximum absolute atomic E-state index is 12.8. The molecular formula is C19H32N2O3. The lowest BCUT2D eigenvalue weighted by molar-refractivity contribution is -0.135. The molecule has 2 aliphatic rings. The third-order valence-electron chi connectivity index (χ3n) is 4.93. The molecule has 0 aromatic rings. The molecule has 2 rings (SSSR count). The predicted molar refractivity (Wildman–Crippen MR) is 94.6 cm³/mol. The van der Waals surface area contributed by atoms with Crippen LogP contribution in [0.2, 0.25) is 0 Å². The lowest BCUT2D eigenvalue weighted by Gasteiger charge is -2.36. The monoisotopic (exact) mass is 336 g/mol. The molecule has 0 bridgehead atoms. The number of piperazine rings is 1. The second-order valence-electron chi connectivity index (χ2n) is 8.86. The third-order valence-corrected chi connectivity index (χ3v) is 4.93. The zero-order valence-electron chi connectivity index (χ0n) is 16.2. The van der Waals surface area contributed by atoms with Crippen molar-refractivity contribution in [3.63, 3.8) is 0 Å². The maximum Gasteiger partial charge on any atom is 0.410 e. The summed E-state index contributed by atoms with van der Waals surface area (Å²) in [4.78, 5) is 28.5. The number of nitrogens with zero attached hydrogens (tertiary/aromatic N) is 2. The van der Waals surface area contributed by atoms with Gasteiger partial charge in [-0.05, 0) is 46.0 Å². The van der Waals surface area contributed by atoms with E-state index >= 15 is 0 Å². The molecule has 5 nitrogen and oxygen atoms in total. The first-order valence-corrected chi connectivity index (χ1v) is 8.85. The molecule has 1 heterocycles. The van der Waals surface area contributed by atoms with Gasteiger partial charge in [0.15, 0.2) is 0 Å². The van der Waals surface area contributed by atoms with Crippen molar-refractivity contribution in [2.24, 2.45) is 17.3 Å². The van der Waals surface area contributed by atoms with E-state index in [1.165, 1.54) is 5.57 Å². The number of amides is 2. The molecule has 0 N–H and O–H groups in total. The van der Waals surface area contributed by atoms with Crippen molar-refractivity contribution >= 4 is 12.0 Å². The summed E-state index contributed by atoms with van der Waals surface area (Å²) in [6.07, 6.45) is 1.93. The lowest BCUT2D eigenvalue weighted by Crippen LogP contribution is -2.52. The third kappa shape index (κ3) is 4.11. The molecule has 1 aliphatic heterocycles. The minimum Gasteiger partial charge on any atom is -0.444 e. The Morgan fingerprint density at radius 2 is 1.54 bits per heavy atom. The number of rotatable bonds is 2. The van der Waals surface area contributed by atoms with Crippen molar-refractivity contribution in [3.05, 3.63) is 11.6 Å². The quantitative estimate of drug-likeness (QED) is 0.727. The summed E-state index contributed by atoms with van der Waals surface area (Å²) < 4.78 is 5.40. The lowest BCUT2D eigenvalue weighted by atomic mass is 10.1. The first-order chi connectivity index (χ1) is 10.9. The fourth-order valence-corrected chi connectivity index (χ4v) is 3.45. The smallest absolute Gasteiger partial charge is 0.410 e. The van der Waals surface area contributed by atoms with Gasteiger partial charge in [0.25, 0.3) is 0 Å². The van der Waals surface area contributed by atoms with Gasteiger partial charge in [0.1, 0.15) is 5.60 Å². The molecule has 0 radical (unpaired) electrons. The maximum atomic E-state index is 12.8. The fourth-order valence-electron chi connectivity index (χ4n) is 3.45. The van der Waals surface area contributed by atoms with Gasteiger partial charge in [-0.3, -0.25) is 4.79 Å². The Bertz CT molecular complexity index is 533. The van der Waals surface area contributed by atoms with Crippen LogP contribution in [0.15, 0.2) is 11.6 Å². The number of carbonyl (C=O) groups excluding carboxylic acids is 2. The summed E-state index contributed by atoms with van der Waals surface area (Å²) in [6.45, 7) is 16.3. The van der Waals surface area contributed by atoms with Crippen molar-refractivity contribution in [1.29, 1.82) is 0 Å². The Morgan fingerprint density at radius 1 is 1.04 bits per heavy atom. The standard InChI is InChI=1S/C19H32N2O3/c1-13(2)12-14-15(19(14,6)7)16(22)20-8-10-21(11-9-20)17(23)24-18(3,4)5/h12,14-15H,8-11H2,1-7H3. The van der Waals surface area contributed by atoms with Gasteiger partial charge in [0, 0.05) is 26.2 Å². The van der Waals surface area contributed by atoms with Gasteiger partial charge in [-0.25, -0.2) is 4.79 Å². The summed E-state index contributed by atoms with van der Waals surface area (Å²) in [5.41, 5.74) is 0.814. The van der Waals surface area contributed by atoms with Crippen molar-refractivity contribution in [2.45, 2.75) is 54.1 Å². The zero-order chi connectivity index (χ0) is 18.3.